The van der Waals surface area contributed by atoms with Crippen LogP contribution in [0.1, 0.15) is 31.2 Å². The van der Waals surface area contributed by atoms with E-state index < -0.39 is 23.9 Å². The highest BCUT2D eigenvalue weighted by molar-refractivity contribution is 5.81. The van der Waals surface area contributed by atoms with Gasteiger partial charge in [-0.05, 0) is 18.4 Å². The highest BCUT2D eigenvalue weighted by atomic mass is 16.4. The van der Waals surface area contributed by atoms with Gasteiger partial charge in [0.2, 0.25) is 5.91 Å². The molecule has 0 aliphatic rings. The predicted octanol–water partition coefficient (Wildman–Crippen LogP) is 1.44. The molecule has 0 heterocycles. The molecule has 1 atom stereocenters. The number of hydrogen-bond acceptors (Lipinski definition) is 3. The van der Waals surface area contributed by atoms with Crippen molar-refractivity contribution in [2.24, 2.45) is 0 Å². The van der Waals surface area contributed by atoms with E-state index in [2.05, 4.69) is 5.32 Å². The second kappa shape index (κ2) is 8.73. The van der Waals surface area contributed by atoms with Crippen LogP contribution in [0.2, 0.25) is 0 Å². The summed E-state index contributed by atoms with van der Waals surface area (Å²) in [5.41, 5.74) is 1.06. The second-order valence-electron chi connectivity index (χ2n) is 4.78. The van der Waals surface area contributed by atoms with Gasteiger partial charge in [-0.3, -0.25) is 14.4 Å². The number of rotatable bonds is 9. The molecule has 0 spiro atoms. The summed E-state index contributed by atoms with van der Waals surface area (Å²) in [5.74, 6) is -2.48. The van der Waals surface area contributed by atoms with Gasteiger partial charge in [0.1, 0.15) is 0 Å². The molecule has 0 aliphatic carbocycles. The summed E-state index contributed by atoms with van der Waals surface area (Å²) in [6.45, 7) is 0. The van der Waals surface area contributed by atoms with Gasteiger partial charge in [-0.25, -0.2) is 0 Å². The van der Waals surface area contributed by atoms with Gasteiger partial charge < -0.3 is 15.5 Å². The van der Waals surface area contributed by atoms with Crippen LogP contribution in [0.5, 0.6) is 0 Å². The second-order valence-corrected chi connectivity index (χ2v) is 4.78. The van der Waals surface area contributed by atoms with Crippen LogP contribution in [0.25, 0.3) is 0 Å². The van der Waals surface area contributed by atoms with Crippen molar-refractivity contribution < 1.29 is 24.6 Å². The maximum atomic E-state index is 11.6. The Morgan fingerprint density at radius 1 is 1.00 bits per heavy atom. The molecule has 114 valence electrons. The number of aliphatic carboxylic acids is 2. The molecule has 1 aromatic carbocycles. The van der Waals surface area contributed by atoms with Crippen molar-refractivity contribution in [1.29, 1.82) is 0 Å². The van der Waals surface area contributed by atoms with Crippen molar-refractivity contribution in [3.8, 4) is 0 Å². The molecule has 1 aromatic rings. The number of carboxylic acid groups (broad SMARTS) is 2. The van der Waals surface area contributed by atoms with E-state index in [-0.39, 0.29) is 19.3 Å². The summed E-state index contributed by atoms with van der Waals surface area (Å²) in [6, 6.07) is 9.06. The van der Waals surface area contributed by atoms with E-state index in [9.17, 15) is 14.4 Å². The van der Waals surface area contributed by atoms with Gasteiger partial charge in [-0.1, -0.05) is 30.3 Å². The van der Waals surface area contributed by atoms with Crippen molar-refractivity contribution in [3.05, 3.63) is 35.9 Å². The van der Waals surface area contributed by atoms with Crippen LogP contribution in [-0.4, -0.2) is 34.1 Å². The van der Waals surface area contributed by atoms with Gasteiger partial charge in [0, 0.05) is 12.5 Å². The van der Waals surface area contributed by atoms with E-state index in [1.807, 2.05) is 30.3 Å². The van der Waals surface area contributed by atoms with E-state index in [4.69, 9.17) is 10.2 Å². The number of carboxylic acids is 2. The molecule has 0 fully saturated rings. The van der Waals surface area contributed by atoms with Crippen molar-refractivity contribution in [1.82, 2.24) is 5.32 Å². The Morgan fingerprint density at radius 3 is 2.24 bits per heavy atom. The summed E-state index contributed by atoms with van der Waals surface area (Å²) in [6.07, 6.45) is 0.569. The van der Waals surface area contributed by atoms with Gasteiger partial charge in [-0.15, -0.1) is 0 Å². The summed E-state index contributed by atoms with van der Waals surface area (Å²) < 4.78 is 0. The lowest BCUT2D eigenvalue weighted by Crippen LogP contribution is -2.37. The number of carbonyl (C=O) groups is 3. The average molecular weight is 293 g/mol. The van der Waals surface area contributed by atoms with Gasteiger partial charge in [0.15, 0.2) is 0 Å². The first-order valence-corrected chi connectivity index (χ1v) is 6.74. The fourth-order valence-electron chi connectivity index (χ4n) is 1.94. The van der Waals surface area contributed by atoms with Crippen molar-refractivity contribution in [2.45, 2.75) is 38.1 Å². The third-order valence-corrected chi connectivity index (χ3v) is 2.98. The molecule has 3 N–H and O–H groups in total. The third kappa shape index (κ3) is 7.71. The standard InChI is InChI=1S/C15H19NO5/c17-13(8-9-14(18)19)16-12(10-15(20)21)7-6-11-4-2-1-3-5-11/h1-5,12H,6-10H2,(H,16,17)(H,18,19)(H,20,21). The van der Waals surface area contributed by atoms with E-state index in [0.717, 1.165) is 5.56 Å². The first-order valence-electron chi connectivity index (χ1n) is 6.74. The van der Waals surface area contributed by atoms with Gasteiger partial charge >= 0.3 is 11.9 Å². The van der Waals surface area contributed by atoms with Crippen LogP contribution in [0.15, 0.2) is 30.3 Å². The molecule has 0 saturated heterocycles. The van der Waals surface area contributed by atoms with Gasteiger partial charge in [0.25, 0.3) is 0 Å². The molecular formula is C15H19NO5. The van der Waals surface area contributed by atoms with Crippen LogP contribution in [0.3, 0.4) is 0 Å². The Labute approximate surface area is 122 Å². The van der Waals surface area contributed by atoms with Crippen molar-refractivity contribution in [3.63, 3.8) is 0 Å². The average Bonchev–Trinajstić information content (AvgIpc) is 2.43. The highest BCUT2D eigenvalue weighted by Gasteiger charge is 2.16. The zero-order valence-electron chi connectivity index (χ0n) is 11.6. The summed E-state index contributed by atoms with van der Waals surface area (Å²) in [5, 5.41) is 20.0. The molecule has 1 rings (SSSR count). The molecule has 6 nitrogen and oxygen atoms in total. The highest BCUT2D eigenvalue weighted by Crippen LogP contribution is 2.08. The van der Waals surface area contributed by atoms with E-state index in [1.54, 1.807) is 0 Å². The number of carbonyl (C=O) groups excluding carboxylic acids is 1. The first kappa shape index (κ1) is 16.7. The van der Waals surface area contributed by atoms with Gasteiger partial charge in [0.05, 0.1) is 12.8 Å². The Bertz CT molecular complexity index is 486. The minimum absolute atomic E-state index is 0.142. The number of amides is 1. The third-order valence-electron chi connectivity index (χ3n) is 2.98. The minimum atomic E-state index is -1.05. The van der Waals surface area contributed by atoms with E-state index in [0.29, 0.717) is 12.8 Å². The topological polar surface area (TPSA) is 104 Å². The lowest BCUT2D eigenvalue weighted by Gasteiger charge is -2.16. The Kier molecular flexibility index (Phi) is 6.94. The summed E-state index contributed by atoms with van der Waals surface area (Å²) in [7, 11) is 0. The number of hydrogen-bond donors (Lipinski definition) is 3. The largest absolute Gasteiger partial charge is 0.481 e. The molecule has 6 heteroatoms. The van der Waals surface area contributed by atoms with Crippen molar-refractivity contribution in [2.75, 3.05) is 0 Å². The van der Waals surface area contributed by atoms with E-state index >= 15 is 0 Å². The number of aryl methyl sites for hydroxylation is 1. The zero-order chi connectivity index (χ0) is 15.7. The fraction of sp³-hybridized carbons (Fsp3) is 0.400. The lowest BCUT2D eigenvalue weighted by molar-refractivity contribution is -0.140. The first-order chi connectivity index (χ1) is 9.97. The molecule has 1 unspecified atom stereocenters. The maximum absolute atomic E-state index is 11.6. The quantitative estimate of drug-likeness (QED) is 0.639. The smallest absolute Gasteiger partial charge is 0.305 e. The van der Waals surface area contributed by atoms with E-state index in [1.165, 1.54) is 0 Å². The van der Waals surface area contributed by atoms with Crippen LogP contribution >= 0.6 is 0 Å². The molecule has 0 aromatic heterocycles. The van der Waals surface area contributed by atoms with Crippen LogP contribution < -0.4 is 5.32 Å². The molecule has 0 bridgehead atoms. The molecule has 0 radical (unpaired) electrons. The molecule has 21 heavy (non-hydrogen) atoms. The number of benzene rings is 1. The molecule has 1 amide bonds. The number of nitrogens with one attached hydrogen (secondary N) is 1. The molecule has 0 aliphatic heterocycles. The zero-order valence-corrected chi connectivity index (χ0v) is 11.6. The maximum Gasteiger partial charge on any atom is 0.305 e. The Balaban J connectivity index is 2.49. The van der Waals surface area contributed by atoms with Crippen LogP contribution in [0.4, 0.5) is 0 Å². The Morgan fingerprint density at radius 2 is 1.67 bits per heavy atom. The predicted molar refractivity (Wildman–Crippen MR) is 75.8 cm³/mol. The monoisotopic (exact) mass is 293 g/mol. The van der Waals surface area contributed by atoms with Gasteiger partial charge in [-0.2, -0.15) is 0 Å². The molecular weight excluding hydrogens is 274 g/mol. The van der Waals surface area contributed by atoms with Crippen LogP contribution in [-0.2, 0) is 20.8 Å². The normalized spacial score (nSPS) is 11.6. The summed E-state index contributed by atoms with van der Waals surface area (Å²) >= 11 is 0. The molecule has 0 saturated carbocycles. The fourth-order valence-corrected chi connectivity index (χ4v) is 1.94. The van der Waals surface area contributed by atoms with Crippen LogP contribution in [0, 0.1) is 0 Å². The SMILES string of the molecule is O=C(O)CCC(=O)NC(CCc1ccccc1)CC(=O)O. The van der Waals surface area contributed by atoms with Crippen molar-refractivity contribution >= 4 is 17.8 Å². The summed E-state index contributed by atoms with van der Waals surface area (Å²) in [4.78, 5) is 32.8. The Hall–Kier alpha value is -2.37. The minimum Gasteiger partial charge on any atom is -0.481 e. The lowest BCUT2D eigenvalue weighted by atomic mass is 10.0.